The van der Waals surface area contributed by atoms with E-state index in [2.05, 4.69) is 4.90 Å². The van der Waals surface area contributed by atoms with Gasteiger partial charge in [0.15, 0.2) is 0 Å². The maximum atomic E-state index is 10.5. The first kappa shape index (κ1) is 10.2. The van der Waals surface area contributed by atoms with Gasteiger partial charge in [-0.15, -0.1) is 0 Å². The SMILES string of the molecule is O=C(O)Cc1ccc(CN2CCCC2)o1. The minimum atomic E-state index is -0.850. The van der Waals surface area contributed by atoms with E-state index in [0.717, 1.165) is 25.4 Å². The van der Waals surface area contributed by atoms with Crippen LogP contribution >= 0.6 is 0 Å². The van der Waals surface area contributed by atoms with E-state index in [0.29, 0.717) is 5.76 Å². The zero-order valence-electron chi connectivity index (χ0n) is 8.61. The molecule has 2 heterocycles. The molecule has 0 aliphatic carbocycles. The lowest BCUT2D eigenvalue weighted by atomic mass is 10.3. The lowest BCUT2D eigenvalue weighted by Gasteiger charge is -2.11. The molecule has 1 aliphatic rings. The van der Waals surface area contributed by atoms with Crippen molar-refractivity contribution in [3.8, 4) is 0 Å². The third-order valence-electron chi connectivity index (χ3n) is 2.62. The van der Waals surface area contributed by atoms with Gasteiger partial charge in [-0.05, 0) is 38.1 Å². The largest absolute Gasteiger partial charge is 0.481 e. The van der Waals surface area contributed by atoms with Crippen LogP contribution < -0.4 is 0 Å². The van der Waals surface area contributed by atoms with E-state index in [9.17, 15) is 4.79 Å². The summed E-state index contributed by atoms with van der Waals surface area (Å²) in [5.41, 5.74) is 0. The van der Waals surface area contributed by atoms with Gasteiger partial charge in [0.1, 0.15) is 17.9 Å². The van der Waals surface area contributed by atoms with E-state index in [-0.39, 0.29) is 6.42 Å². The summed E-state index contributed by atoms with van der Waals surface area (Å²) in [5, 5.41) is 8.59. The zero-order chi connectivity index (χ0) is 10.7. The van der Waals surface area contributed by atoms with Gasteiger partial charge >= 0.3 is 5.97 Å². The summed E-state index contributed by atoms with van der Waals surface area (Å²) in [6, 6.07) is 3.62. The number of hydrogen-bond acceptors (Lipinski definition) is 3. The number of carboxylic acid groups (broad SMARTS) is 1. The van der Waals surface area contributed by atoms with Gasteiger partial charge in [0.05, 0.1) is 6.54 Å². The Balaban J connectivity index is 1.91. The van der Waals surface area contributed by atoms with Crippen molar-refractivity contribution in [1.29, 1.82) is 0 Å². The summed E-state index contributed by atoms with van der Waals surface area (Å²) in [6.45, 7) is 3.05. The highest BCUT2D eigenvalue weighted by Crippen LogP contribution is 2.15. The molecule has 0 amide bonds. The van der Waals surface area contributed by atoms with Crippen molar-refractivity contribution in [3.05, 3.63) is 23.7 Å². The highest BCUT2D eigenvalue weighted by atomic mass is 16.4. The fourth-order valence-electron chi connectivity index (χ4n) is 1.91. The quantitative estimate of drug-likeness (QED) is 0.816. The van der Waals surface area contributed by atoms with E-state index in [1.165, 1.54) is 12.8 Å². The number of carbonyl (C=O) groups is 1. The number of nitrogens with zero attached hydrogens (tertiary/aromatic N) is 1. The second-order valence-electron chi connectivity index (χ2n) is 3.92. The molecule has 2 rings (SSSR count). The molecule has 82 valence electrons. The van der Waals surface area contributed by atoms with E-state index in [1.54, 1.807) is 6.07 Å². The smallest absolute Gasteiger partial charge is 0.311 e. The summed E-state index contributed by atoms with van der Waals surface area (Å²) < 4.78 is 5.43. The van der Waals surface area contributed by atoms with Gasteiger partial charge in [-0.2, -0.15) is 0 Å². The van der Waals surface area contributed by atoms with E-state index in [4.69, 9.17) is 9.52 Å². The standard InChI is InChI=1S/C11H15NO3/c13-11(14)7-9-3-4-10(15-9)8-12-5-1-2-6-12/h3-4H,1-2,5-8H2,(H,13,14). The fraction of sp³-hybridized carbons (Fsp3) is 0.545. The Hall–Kier alpha value is -1.29. The normalized spacial score (nSPS) is 17.1. The fourth-order valence-corrected chi connectivity index (χ4v) is 1.91. The lowest BCUT2D eigenvalue weighted by Crippen LogP contribution is -2.17. The molecule has 0 saturated carbocycles. The van der Waals surface area contributed by atoms with Crippen LogP contribution in [0.1, 0.15) is 24.4 Å². The number of carboxylic acids is 1. The molecule has 1 N–H and O–H groups in total. The van der Waals surface area contributed by atoms with Crippen molar-refractivity contribution >= 4 is 5.97 Å². The minimum Gasteiger partial charge on any atom is -0.481 e. The maximum Gasteiger partial charge on any atom is 0.311 e. The summed E-state index contributed by atoms with van der Waals surface area (Å²) in [4.78, 5) is 12.8. The molecule has 1 aromatic rings. The van der Waals surface area contributed by atoms with Gasteiger partial charge in [-0.25, -0.2) is 0 Å². The molecule has 0 atom stereocenters. The van der Waals surface area contributed by atoms with Gasteiger partial charge in [-0.3, -0.25) is 9.69 Å². The number of furan rings is 1. The highest BCUT2D eigenvalue weighted by molar-refractivity contribution is 5.69. The third kappa shape index (κ3) is 2.83. The molecule has 1 aromatic heterocycles. The van der Waals surface area contributed by atoms with Crippen LogP contribution in [0.4, 0.5) is 0 Å². The van der Waals surface area contributed by atoms with Gasteiger partial charge in [0.25, 0.3) is 0 Å². The summed E-state index contributed by atoms with van der Waals surface area (Å²) in [5.74, 6) is 0.557. The average molecular weight is 209 g/mol. The molecule has 1 fully saturated rings. The Labute approximate surface area is 88.5 Å². The van der Waals surface area contributed by atoms with Gasteiger partial charge in [0.2, 0.25) is 0 Å². The maximum absolute atomic E-state index is 10.5. The number of aliphatic carboxylic acids is 1. The monoisotopic (exact) mass is 209 g/mol. The Morgan fingerprint density at radius 2 is 2.00 bits per heavy atom. The predicted molar refractivity (Wildman–Crippen MR) is 54.6 cm³/mol. The van der Waals surface area contributed by atoms with Crippen LogP contribution in [0.3, 0.4) is 0 Å². The highest BCUT2D eigenvalue weighted by Gasteiger charge is 2.14. The van der Waals surface area contributed by atoms with Crippen LogP contribution in [-0.2, 0) is 17.8 Å². The molecule has 0 unspecified atom stereocenters. The second kappa shape index (κ2) is 4.49. The topological polar surface area (TPSA) is 53.7 Å². The van der Waals surface area contributed by atoms with Gasteiger partial charge in [0, 0.05) is 0 Å². The minimum absolute atomic E-state index is 0.0278. The molecule has 1 aliphatic heterocycles. The van der Waals surface area contributed by atoms with Crippen LogP contribution in [0.5, 0.6) is 0 Å². The van der Waals surface area contributed by atoms with Crippen molar-refractivity contribution < 1.29 is 14.3 Å². The van der Waals surface area contributed by atoms with E-state index < -0.39 is 5.97 Å². The Morgan fingerprint density at radius 3 is 2.67 bits per heavy atom. The summed E-state index contributed by atoms with van der Waals surface area (Å²) in [6.07, 6.45) is 2.48. The van der Waals surface area contributed by atoms with Crippen molar-refractivity contribution in [3.63, 3.8) is 0 Å². The lowest BCUT2D eigenvalue weighted by molar-refractivity contribution is -0.136. The zero-order valence-corrected chi connectivity index (χ0v) is 8.61. The Kier molecular flexibility index (Phi) is 3.06. The molecule has 4 heteroatoms. The first-order valence-corrected chi connectivity index (χ1v) is 5.26. The summed E-state index contributed by atoms with van der Waals surface area (Å²) >= 11 is 0. The van der Waals surface area contributed by atoms with Crippen molar-refractivity contribution in [2.75, 3.05) is 13.1 Å². The van der Waals surface area contributed by atoms with Crippen molar-refractivity contribution in [1.82, 2.24) is 4.90 Å². The number of rotatable bonds is 4. The predicted octanol–water partition coefficient (Wildman–Crippen LogP) is 1.50. The molecule has 0 bridgehead atoms. The summed E-state index contributed by atoms with van der Waals surface area (Å²) in [7, 11) is 0. The van der Waals surface area contributed by atoms with Crippen molar-refractivity contribution in [2.45, 2.75) is 25.8 Å². The van der Waals surface area contributed by atoms with Crippen LogP contribution in [-0.4, -0.2) is 29.1 Å². The molecule has 1 saturated heterocycles. The molecule has 0 aromatic carbocycles. The first-order valence-electron chi connectivity index (χ1n) is 5.26. The van der Waals surface area contributed by atoms with E-state index in [1.807, 2.05) is 6.07 Å². The molecule has 0 radical (unpaired) electrons. The number of hydrogen-bond donors (Lipinski definition) is 1. The third-order valence-corrected chi connectivity index (χ3v) is 2.62. The first-order chi connectivity index (χ1) is 7.24. The Morgan fingerprint density at radius 1 is 1.33 bits per heavy atom. The van der Waals surface area contributed by atoms with Gasteiger partial charge in [-0.1, -0.05) is 0 Å². The molecular weight excluding hydrogens is 194 g/mol. The average Bonchev–Trinajstić information content (AvgIpc) is 2.77. The molecule has 0 spiro atoms. The van der Waals surface area contributed by atoms with Crippen LogP contribution in [0.2, 0.25) is 0 Å². The van der Waals surface area contributed by atoms with Crippen LogP contribution in [0, 0.1) is 0 Å². The van der Waals surface area contributed by atoms with Crippen LogP contribution in [0.25, 0.3) is 0 Å². The molecule has 15 heavy (non-hydrogen) atoms. The van der Waals surface area contributed by atoms with Crippen molar-refractivity contribution in [2.24, 2.45) is 0 Å². The van der Waals surface area contributed by atoms with Crippen LogP contribution in [0.15, 0.2) is 16.5 Å². The number of likely N-dealkylation sites (tertiary alicyclic amines) is 1. The molecular formula is C11H15NO3. The Bertz CT molecular complexity index is 339. The second-order valence-corrected chi connectivity index (χ2v) is 3.92. The van der Waals surface area contributed by atoms with E-state index >= 15 is 0 Å². The molecule has 4 nitrogen and oxygen atoms in total. The van der Waals surface area contributed by atoms with Gasteiger partial charge < -0.3 is 9.52 Å².